The Morgan fingerprint density at radius 1 is 1.46 bits per heavy atom. The van der Waals surface area contributed by atoms with Gasteiger partial charge >= 0.3 is 5.97 Å². The molecule has 0 saturated heterocycles. The smallest absolute Gasteiger partial charge is 0.336 e. The fourth-order valence-electron chi connectivity index (χ4n) is 0.893. The lowest BCUT2D eigenvalue weighted by molar-refractivity contribution is -0.105. The number of thioether (sulfide) groups is 1. The zero-order valence-corrected chi connectivity index (χ0v) is 7.58. The Balaban J connectivity index is 2.90. The van der Waals surface area contributed by atoms with Gasteiger partial charge in [-0.2, -0.15) is 0 Å². The number of aromatic carboxylic acids is 1. The molecule has 68 valence electrons. The monoisotopic (exact) mass is 196 g/mol. The molecule has 4 heteroatoms. The third kappa shape index (κ3) is 2.59. The summed E-state index contributed by atoms with van der Waals surface area (Å²) in [5.41, 5.74) is 0.245. The van der Waals surface area contributed by atoms with Gasteiger partial charge in [0.05, 0.1) is 11.3 Å². The lowest BCUT2D eigenvalue weighted by Crippen LogP contribution is -1.98. The third-order valence-electron chi connectivity index (χ3n) is 1.42. The average Bonchev–Trinajstić information content (AvgIpc) is 2.15. The number of rotatable bonds is 4. The van der Waals surface area contributed by atoms with Crippen LogP contribution in [-0.4, -0.2) is 23.1 Å². The van der Waals surface area contributed by atoms with Crippen molar-refractivity contribution in [2.24, 2.45) is 0 Å². The number of hydrogen-bond acceptors (Lipinski definition) is 3. The van der Waals surface area contributed by atoms with Crippen molar-refractivity contribution >= 4 is 24.0 Å². The summed E-state index contributed by atoms with van der Waals surface area (Å²) in [6, 6.07) is 6.63. The largest absolute Gasteiger partial charge is 0.478 e. The van der Waals surface area contributed by atoms with Crippen LogP contribution in [0.5, 0.6) is 0 Å². The molecule has 0 aromatic heterocycles. The molecule has 0 atom stereocenters. The van der Waals surface area contributed by atoms with Gasteiger partial charge in [-0.3, -0.25) is 0 Å². The van der Waals surface area contributed by atoms with Crippen LogP contribution < -0.4 is 0 Å². The van der Waals surface area contributed by atoms with Crippen molar-refractivity contribution in [2.75, 3.05) is 5.75 Å². The van der Waals surface area contributed by atoms with E-state index in [9.17, 15) is 9.59 Å². The van der Waals surface area contributed by atoms with Gasteiger partial charge in [-0.1, -0.05) is 12.1 Å². The molecule has 1 rings (SSSR count). The summed E-state index contributed by atoms with van der Waals surface area (Å²) >= 11 is 1.23. The van der Waals surface area contributed by atoms with Crippen molar-refractivity contribution in [2.45, 2.75) is 4.90 Å². The van der Waals surface area contributed by atoms with E-state index >= 15 is 0 Å². The van der Waals surface area contributed by atoms with Crippen LogP contribution in [-0.2, 0) is 4.79 Å². The Morgan fingerprint density at radius 3 is 2.77 bits per heavy atom. The highest BCUT2D eigenvalue weighted by atomic mass is 32.2. The van der Waals surface area contributed by atoms with Gasteiger partial charge in [-0.25, -0.2) is 4.79 Å². The summed E-state index contributed by atoms with van der Waals surface area (Å²) < 4.78 is 0. The first-order valence-corrected chi connectivity index (χ1v) is 4.63. The van der Waals surface area contributed by atoms with Crippen molar-refractivity contribution < 1.29 is 14.7 Å². The van der Waals surface area contributed by atoms with Crippen molar-refractivity contribution in [1.82, 2.24) is 0 Å². The molecule has 1 aromatic carbocycles. The summed E-state index contributed by atoms with van der Waals surface area (Å²) in [7, 11) is 0. The minimum absolute atomic E-state index is 0.245. The van der Waals surface area contributed by atoms with Crippen molar-refractivity contribution in [1.29, 1.82) is 0 Å². The lowest BCUT2D eigenvalue weighted by Gasteiger charge is -2.01. The SMILES string of the molecule is O=CCSc1ccccc1C(=O)O. The molecule has 0 unspecified atom stereocenters. The van der Waals surface area contributed by atoms with Gasteiger partial charge in [0.1, 0.15) is 6.29 Å². The van der Waals surface area contributed by atoms with Crippen LogP contribution in [0.1, 0.15) is 10.4 Å². The maximum Gasteiger partial charge on any atom is 0.336 e. The minimum Gasteiger partial charge on any atom is -0.478 e. The predicted octanol–water partition coefficient (Wildman–Crippen LogP) is 1.68. The first-order chi connectivity index (χ1) is 6.25. The number of carboxylic acid groups (broad SMARTS) is 1. The molecule has 0 bridgehead atoms. The molecule has 0 radical (unpaired) electrons. The summed E-state index contributed by atoms with van der Waals surface area (Å²) in [6.07, 6.45) is 0.753. The average molecular weight is 196 g/mol. The highest BCUT2D eigenvalue weighted by Crippen LogP contribution is 2.21. The molecule has 3 nitrogen and oxygen atoms in total. The van der Waals surface area contributed by atoms with E-state index in [4.69, 9.17) is 5.11 Å². The fourth-order valence-corrected chi connectivity index (χ4v) is 1.63. The van der Waals surface area contributed by atoms with Gasteiger partial charge in [-0.15, -0.1) is 11.8 Å². The van der Waals surface area contributed by atoms with Gasteiger partial charge < -0.3 is 9.90 Å². The van der Waals surface area contributed by atoms with Crippen LogP contribution in [0, 0.1) is 0 Å². The maximum atomic E-state index is 10.7. The van der Waals surface area contributed by atoms with E-state index in [2.05, 4.69) is 0 Å². The molecule has 0 saturated carbocycles. The first kappa shape index (κ1) is 9.80. The van der Waals surface area contributed by atoms with Gasteiger partial charge in [0.15, 0.2) is 0 Å². The quantitative estimate of drug-likeness (QED) is 0.588. The van der Waals surface area contributed by atoms with Crippen LogP contribution in [0.25, 0.3) is 0 Å². The van der Waals surface area contributed by atoms with E-state index < -0.39 is 5.97 Å². The summed E-state index contributed by atoms with van der Waals surface area (Å²) in [5.74, 6) is -0.682. The number of carboxylic acids is 1. The molecule has 0 amide bonds. The van der Waals surface area contributed by atoms with E-state index in [0.29, 0.717) is 4.90 Å². The lowest BCUT2D eigenvalue weighted by atomic mass is 10.2. The number of aldehydes is 1. The molecule has 0 aliphatic rings. The molecular weight excluding hydrogens is 188 g/mol. The van der Waals surface area contributed by atoms with Crippen molar-refractivity contribution in [3.05, 3.63) is 29.8 Å². The van der Waals surface area contributed by atoms with E-state index in [1.807, 2.05) is 0 Å². The molecule has 0 spiro atoms. The molecule has 1 aromatic rings. The molecule has 0 fully saturated rings. The van der Waals surface area contributed by atoms with Gasteiger partial charge in [0.25, 0.3) is 0 Å². The summed E-state index contributed by atoms with van der Waals surface area (Å²) in [6.45, 7) is 0. The van der Waals surface area contributed by atoms with Crippen LogP contribution in [0.4, 0.5) is 0 Å². The Bertz CT molecular complexity index is 322. The van der Waals surface area contributed by atoms with Gasteiger partial charge in [0, 0.05) is 4.90 Å². The number of benzene rings is 1. The second-order valence-electron chi connectivity index (χ2n) is 2.28. The Kier molecular flexibility index (Phi) is 3.52. The van der Waals surface area contributed by atoms with Crippen LogP contribution in [0.2, 0.25) is 0 Å². The first-order valence-electron chi connectivity index (χ1n) is 3.64. The topological polar surface area (TPSA) is 54.4 Å². The zero-order chi connectivity index (χ0) is 9.68. The van der Waals surface area contributed by atoms with E-state index in [1.54, 1.807) is 18.2 Å². The van der Waals surface area contributed by atoms with Crippen LogP contribution in [0.15, 0.2) is 29.2 Å². The van der Waals surface area contributed by atoms with Crippen LogP contribution >= 0.6 is 11.8 Å². The van der Waals surface area contributed by atoms with Crippen LogP contribution in [0.3, 0.4) is 0 Å². The second kappa shape index (κ2) is 4.67. The highest BCUT2D eigenvalue weighted by Gasteiger charge is 2.08. The van der Waals surface area contributed by atoms with E-state index in [-0.39, 0.29) is 11.3 Å². The molecule has 1 N–H and O–H groups in total. The standard InChI is InChI=1S/C9H8O3S/c10-5-6-13-8-4-2-1-3-7(8)9(11)12/h1-5H,6H2,(H,11,12). The van der Waals surface area contributed by atoms with Gasteiger partial charge in [-0.05, 0) is 12.1 Å². The molecular formula is C9H8O3S. The van der Waals surface area contributed by atoms with Crippen molar-refractivity contribution in [3.63, 3.8) is 0 Å². The Hall–Kier alpha value is -1.29. The highest BCUT2D eigenvalue weighted by molar-refractivity contribution is 8.00. The number of carbonyl (C=O) groups is 2. The molecule has 0 aliphatic heterocycles. The van der Waals surface area contributed by atoms with E-state index in [0.717, 1.165) is 6.29 Å². The molecule has 0 heterocycles. The van der Waals surface area contributed by atoms with Gasteiger partial charge in [0.2, 0.25) is 0 Å². The fraction of sp³-hybridized carbons (Fsp3) is 0.111. The summed E-state index contributed by atoms with van der Waals surface area (Å²) in [4.78, 5) is 21.4. The molecule has 13 heavy (non-hydrogen) atoms. The van der Waals surface area contributed by atoms with Crippen molar-refractivity contribution in [3.8, 4) is 0 Å². The summed E-state index contributed by atoms with van der Waals surface area (Å²) in [5, 5.41) is 8.76. The zero-order valence-electron chi connectivity index (χ0n) is 6.77. The second-order valence-corrected chi connectivity index (χ2v) is 3.34. The Morgan fingerprint density at radius 2 is 2.15 bits per heavy atom. The third-order valence-corrected chi connectivity index (χ3v) is 2.39. The predicted molar refractivity (Wildman–Crippen MR) is 50.2 cm³/mol. The number of hydrogen-bond donors (Lipinski definition) is 1. The normalized spacial score (nSPS) is 9.54. The minimum atomic E-state index is -0.964. The maximum absolute atomic E-state index is 10.7. The molecule has 0 aliphatic carbocycles. The van der Waals surface area contributed by atoms with E-state index in [1.165, 1.54) is 17.8 Å². The number of carbonyl (C=O) groups excluding carboxylic acids is 1. The Labute approximate surface area is 79.8 Å².